The zero-order valence-electron chi connectivity index (χ0n) is 14.0. The van der Waals surface area contributed by atoms with E-state index in [1.165, 1.54) is 23.3 Å². The molecule has 0 radical (unpaired) electrons. The molecule has 0 bridgehead atoms. The van der Waals surface area contributed by atoms with E-state index in [0.29, 0.717) is 12.5 Å². The van der Waals surface area contributed by atoms with Gasteiger partial charge in [-0.25, -0.2) is 0 Å². The fraction of sp³-hybridized carbons (Fsp3) is 0.611. The quantitative estimate of drug-likeness (QED) is 0.750. The maximum Gasteiger partial charge on any atom is 0.223 e. The maximum atomic E-state index is 12.3. The van der Waals surface area contributed by atoms with E-state index < -0.39 is 0 Å². The molecule has 3 nitrogen and oxygen atoms in total. The topological polar surface area (TPSA) is 23.6 Å². The fourth-order valence-corrected chi connectivity index (χ4v) is 3.75. The van der Waals surface area contributed by atoms with Crippen LogP contribution in [0.1, 0.15) is 31.2 Å². The Labute approximate surface area is 139 Å². The summed E-state index contributed by atoms with van der Waals surface area (Å²) in [6.07, 6.45) is 4.36. The van der Waals surface area contributed by atoms with Gasteiger partial charge >= 0.3 is 0 Å². The lowest BCUT2D eigenvalue weighted by molar-refractivity contribution is -0.131. The first kappa shape index (κ1) is 17.4. The number of piperidine rings is 1. The molecule has 1 amide bonds. The number of carbonyl (C=O) groups is 1. The summed E-state index contributed by atoms with van der Waals surface area (Å²) in [4.78, 5) is 17.8. The second kappa shape index (κ2) is 8.59. The third-order valence-electron chi connectivity index (χ3n) is 4.47. The van der Waals surface area contributed by atoms with Crippen molar-refractivity contribution >= 4 is 17.7 Å². The lowest BCUT2D eigenvalue weighted by Gasteiger charge is -2.33. The van der Waals surface area contributed by atoms with Crippen molar-refractivity contribution in [3.8, 4) is 0 Å². The molecule has 2 rings (SSSR count). The van der Waals surface area contributed by atoms with E-state index in [1.54, 1.807) is 0 Å². The van der Waals surface area contributed by atoms with Crippen LogP contribution in [0.3, 0.4) is 0 Å². The van der Waals surface area contributed by atoms with Gasteiger partial charge in [-0.2, -0.15) is 0 Å². The predicted octanol–water partition coefficient (Wildman–Crippen LogP) is 3.42. The van der Waals surface area contributed by atoms with Crippen LogP contribution < -0.4 is 0 Å². The monoisotopic (exact) mass is 320 g/mol. The summed E-state index contributed by atoms with van der Waals surface area (Å²) in [6, 6.07) is 9.01. The second-order valence-corrected chi connectivity index (χ2v) is 7.48. The van der Waals surface area contributed by atoms with Gasteiger partial charge in [0.1, 0.15) is 0 Å². The molecule has 1 aliphatic rings. The van der Waals surface area contributed by atoms with Crippen molar-refractivity contribution in [1.29, 1.82) is 0 Å². The van der Waals surface area contributed by atoms with Gasteiger partial charge in [0.05, 0.1) is 0 Å². The molecule has 0 N–H and O–H groups in total. The first-order valence-corrected chi connectivity index (χ1v) is 9.18. The Morgan fingerprint density at radius 3 is 2.73 bits per heavy atom. The Hall–Kier alpha value is -1.00. The minimum atomic E-state index is 0.281. The lowest BCUT2D eigenvalue weighted by atomic mass is 10.00. The molecule has 1 aromatic rings. The van der Waals surface area contributed by atoms with Crippen LogP contribution in [-0.4, -0.2) is 54.7 Å². The summed E-state index contributed by atoms with van der Waals surface area (Å²) < 4.78 is 0. The largest absolute Gasteiger partial charge is 0.345 e. The van der Waals surface area contributed by atoms with Crippen LogP contribution in [0.4, 0.5) is 0 Å². The van der Waals surface area contributed by atoms with Gasteiger partial charge in [-0.15, -0.1) is 11.8 Å². The van der Waals surface area contributed by atoms with Crippen molar-refractivity contribution in [3.05, 3.63) is 29.8 Å². The van der Waals surface area contributed by atoms with Crippen LogP contribution in [0.2, 0.25) is 0 Å². The van der Waals surface area contributed by atoms with Gasteiger partial charge < -0.3 is 9.80 Å². The molecule has 1 saturated heterocycles. The molecule has 1 unspecified atom stereocenters. The third kappa shape index (κ3) is 5.33. The maximum absolute atomic E-state index is 12.3. The molecule has 0 aromatic heterocycles. The summed E-state index contributed by atoms with van der Waals surface area (Å²) in [5.74, 6) is 1.23. The van der Waals surface area contributed by atoms with Gasteiger partial charge in [-0.1, -0.05) is 24.1 Å². The molecule has 0 saturated carbocycles. The van der Waals surface area contributed by atoms with Crippen molar-refractivity contribution < 1.29 is 4.79 Å². The number of aryl methyl sites for hydroxylation is 1. The number of carbonyl (C=O) groups excluding carboxylic acids is 1. The number of hydrogen-bond donors (Lipinski definition) is 0. The highest BCUT2D eigenvalue weighted by molar-refractivity contribution is 7.99. The average molecular weight is 321 g/mol. The summed E-state index contributed by atoms with van der Waals surface area (Å²) in [5.41, 5.74) is 1.29. The SMILES string of the molecule is Cc1ccc(SCCN(C)C(=O)CC2CCCCN2C)cc1. The summed E-state index contributed by atoms with van der Waals surface area (Å²) in [7, 11) is 4.07. The van der Waals surface area contributed by atoms with E-state index in [2.05, 4.69) is 43.1 Å². The fourth-order valence-electron chi connectivity index (χ4n) is 2.82. The van der Waals surface area contributed by atoms with Gasteiger partial charge in [0.15, 0.2) is 0 Å². The van der Waals surface area contributed by atoms with Gasteiger partial charge in [-0.3, -0.25) is 4.79 Å². The normalized spacial score (nSPS) is 19.1. The summed E-state index contributed by atoms with van der Waals surface area (Å²) in [5, 5.41) is 0. The summed E-state index contributed by atoms with van der Waals surface area (Å²) in [6.45, 7) is 4.04. The van der Waals surface area contributed by atoms with Crippen LogP contribution in [0.5, 0.6) is 0 Å². The number of thioether (sulfide) groups is 1. The molecule has 0 aliphatic carbocycles. The van der Waals surface area contributed by atoms with Crippen LogP contribution in [0.15, 0.2) is 29.2 Å². The van der Waals surface area contributed by atoms with E-state index in [1.807, 2.05) is 23.7 Å². The Morgan fingerprint density at radius 2 is 2.05 bits per heavy atom. The molecular weight excluding hydrogens is 292 g/mol. The molecule has 22 heavy (non-hydrogen) atoms. The Balaban J connectivity index is 1.70. The van der Waals surface area contributed by atoms with Gasteiger partial charge in [0, 0.05) is 36.7 Å². The number of amides is 1. The minimum Gasteiger partial charge on any atom is -0.345 e. The van der Waals surface area contributed by atoms with Crippen LogP contribution in [-0.2, 0) is 4.79 Å². The van der Waals surface area contributed by atoms with Crippen LogP contribution >= 0.6 is 11.8 Å². The van der Waals surface area contributed by atoms with E-state index in [4.69, 9.17) is 0 Å². The molecule has 1 atom stereocenters. The number of benzene rings is 1. The van der Waals surface area contributed by atoms with Crippen molar-refractivity contribution in [2.75, 3.05) is 32.9 Å². The number of likely N-dealkylation sites (tertiary alicyclic amines) is 1. The van der Waals surface area contributed by atoms with Crippen molar-refractivity contribution in [2.45, 2.75) is 43.5 Å². The average Bonchev–Trinajstić information content (AvgIpc) is 2.51. The molecular formula is C18H28N2OS. The first-order chi connectivity index (χ1) is 10.6. The Morgan fingerprint density at radius 1 is 1.32 bits per heavy atom. The molecule has 4 heteroatoms. The number of rotatable bonds is 6. The third-order valence-corrected chi connectivity index (χ3v) is 5.47. The number of hydrogen-bond acceptors (Lipinski definition) is 3. The molecule has 1 aromatic carbocycles. The van der Waals surface area contributed by atoms with Gasteiger partial charge in [0.25, 0.3) is 0 Å². The predicted molar refractivity (Wildman–Crippen MR) is 94.4 cm³/mol. The summed E-state index contributed by atoms with van der Waals surface area (Å²) >= 11 is 1.82. The van der Waals surface area contributed by atoms with Crippen LogP contribution in [0.25, 0.3) is 0 Å². The second-order valence-electron chi connectivity index (χ2n) is 6.31. The standard InChI is InChI=1S/C18H28N2OS/c1-15-7-9-17(10-8-15)22-13-12-20(3)18(21)14-16-6-4-5-11-19(16)2/h7-10,16H,4-6,11-14H2,1-3H3. The van der Waals surface area contributed by atoms with E-state index in [9.17, 15) is 4.79 Å². The highest BCUT2D eigenvalue weighted by Gasteiger charge is 2.23. The molecule has 122 valence electrons. The zero-order chi connectivity index (χ0) is 15.9. The highest BCUT2D eigenvalue weighted by Crippen LogP contribution is 2.20. The van der Waals surface area contributed by atoms with E-state index in [0.717, 1.165) is 25.3 Å². The minimum absolute atomic E-state index is 0.281. The van der Waals surface area contributed by atoms with Crippen molar-refractivity contribution in [3.63, 3.8) is 0 Å². The molecule has 1 aliphatic heterocycles. The van der Waals surface area contributed by atoms with Gasteiger partial charge in [-0.05, 0) is 45.5 Å². The molecule has 1 heterocycles. The van der Waals surface area contributed by atoms with E-state index in [-0.39, 0.29) is 5.91 Å². The Kier molecular flexibility index (Phi) is 6.77. The number of nitrogens with zero attached hydrogens (tertiary/aromatic N) is 2. The lowest BCUT2D eigenvalue weighted by Crippen LogP contribution is -2.41. The smallest absolute Gasteiger partial charge is 0.223 e. The van der Waals surface area contributed by atoms with Crippen LogP contribution in [0, 0.1) is 6.92 Å². The zero-order valence-corrected chi connectivity index (χ0v) is 14.9. The van der Waals surface area contributed by atoms with E-state index >= 15 is 0 Å². The van der Waals surface area contributed by atoms with Crippen molar-refractivity contribution in [1.82, 2.24) is 9.80 Å². The highest BCUT2D eigenvalue weighted by atomic mass is 32.2. The molecule has 1 fully saturated rings. The van der Waals surface area contributed by atoms with Gasteiger partial charge in [0.2, 0.25) is 5.91 Å². The van der Waals surface area contributed by atoms with Crippen molar-refractivity contribution in [2.24, 2.45) is 0 Å². The first-order valence-electron chi connectivity index (χ1n) is 8.20. The Bertz CT molecular complexity index is 474. The molecule has 0 spiro atoms.